The van der Waals surface area contributed by atoms with Gasteiger partial charge in [-0.15, -0.1) is 0 Å². The number of amides is 1. The highest BCUT2D eigenvalue weighted by Gasteiger charge is 2.61. The summed E-state index contributed by atoms with van der Waals surface area (Å²) in [7, 11) is 0. The van der Waals surface area contributed by atoms with E-state index in [0.717, 1.165) is 30.5 Å². The van der Waals surface area contributed by atoms with Crippen LogP contribution in [-0.2, 0) is 4.79 Å². The standard InChI is InChI=1S/C20H20N2O3/c23-18(22-17-12-15(19(24)25)20(17)8-4-9-20)14-7-10-21-16(11-14)13-5-2-1-3-6-13/h1-3,5-7,10-11,15,17H,4,8-9,12H2,(H,22,23)(H,24,25)/t15-,17-/m0/s1. The van der Waals surface area contributed by atoms with Gasteiger partial charge in [0.15, 0.2) is 0 Å². The normalized spacial score (nSPS) is 23.4. The van der Waals surface area contributed by atoms with Gasteiger partial charge in [0.05, 0.1) is 11.6 Å². The number of benzene rings is 1. The highest BCUT2D eigenvalue weighted by atomic mass is 16.4. The summed E-state index contributed by atoms with van der Waals surface area (Å²) in [6, 6.07) is 13.2. The second kappa shape index (κ2) is 5.99. The summed E-state index contributed by atoms with van der Waals surface area (Å²) < 4.78 is 0. The van der Waals surface area contributed by atoms with E-state index >= 15 is 0 Å². The van der Waals surface area contributed by atoms with Crippen LogP contribution in [0.5, 0.6) is 0 Å². The molecule has 25 heavy (non-hydrogen) atoms. The number of carbonyl (C=O) groups is 2. The first-order valence-electron chi connectivity index (χ1n) is 8.65. The Kier molecular flexibility index (Phi) is 3.79. The smallest absolute Gasteiger partial charge is 0.307 e. The maximum absolute atomic E-state index is 12.6. The molecule has 2 N–H and O–H groups in total. The summed E-state index contributed by atoms with van der Waals surface area (Å²) in [6.45, 7) is 0. The van der Waals surface area contributed by atoms with Gasteiger partial charge in [0.2, 0.25) is 0 Å². The van der Waals surface area contributed by atoms with Gasteiger partial charge in [0, 0.05) is 28.8 Å². The molecule has 2 aliphatic rings. The van der Waals surface area contributed by atoms with E-state index in [0.29, 0.717) is 12.0 Å². The lowest BCUT2D eigenvalue weighted by Crippen LogP contribution is -2.66. The van der Waals surface area contributed by atoms with Crippen LogP contribution in [0.25, 0.3) is 11.3 Å². The molecular weight excluding hydrogens is 316 g/mol. The number of carboxylic acids is 1. The highest BCUT2D eigenvalue weighted by molar-refractivity contribution is 5.95. The minimum Gasteiger partial charge on any atom is -0.481 e. The molecular formula is C20H20N2O3. The SMILES string of the molecule is O=C(N[C@H]1C[C@@H](C(=O)O)C12CCC2)c1ccnc(-c2ccccc2)c1. The van der Waals surface area contributed by atoms with Crippen molar-refractivity contribution in [2.75, 3.05) is 0 Å². The van der Waals surface area contributed by atoms with E-state index in [-0.39, 0.29) is 23.3 Å². The molecule has 2 saturated carbocycles. The molecule has 1 spiro atoms. The number of carboxylic acid groups (broad SMARTS) is 1. The van der Waals surface area contributed by atoms with Gasteiger partial charge < -0.3 is 10.4 Å². The van der Waals surface area contributed by atoms with Gasteiger partial charge in [-0.1, -0.05) is 36.8 Å². The zero-order chi connectivity index (χ0) is 17.4. The van der Waals surface area contributed by atoms with Crippen molar-refractivity contribution in [2.45, 2.75) is 31.7 Å². The summed E-state index contributed by atoms with van der Waals surface area (Å²) >= 11 is 0. The number of hydrogen-bond donors (Lipinski definition) is 2. The molecule has 5 heteroatoms. The van der Waals surface area contributed by atoms with Crippen molar-refractivity contribution >= 4 is 11.9 Å². The fourth-order valence-corrected chi connectivity index (χ4v) is 4.20. The van der Waals surface area contributed by atoms with Gasteiger partial charge in [-0.25, -0.2) is 0 Å². The number of nitrogens with one attached hydrogen (secondary N) is 1. The van der Waals surface area contributed by atoms with Crippen molar-refractivity contribution in [1.29, 1.82) is 0 Å². The molecule has 2 aliphatic carbocycles. The van der Waals surface area contributed by atoms with Crippen molar-refractivity contribution in [1.82, 2.24) is 10.3 Å². The number of aliphatic carboxylic acids is 1. The van der Waals surface area contributed by atoms with Crippen LogP contribution in [0.1, 0.15) is 36.0 Å². The lowest BCUT2D eigenvalue weighted by molar-refractivity contribution is -0.167. The van der Waals surface area contributed by atoms with E-state index in [4.69, 9.17) is 0 Å². The maximum Gasteiger partial charge on any atom is 0.307 e. The van der Waals surface area contributed by atoms with Crippen LogP contribution < -0.4 is 5.32 Å². The molecule has 2 fully saturated rings. The molecule has 5 nitrogen and oxygen atoms in total. The van der Waals surface area contributed by atoms with Gasteiger partial charge in [0.1, 0.15) is 0 Å². The molecule has 1 aromatic heterocycles. The number of nitrogens with zero attached hydrogens (tertiary/aromatic N) is 1. The van der Waals surface area contributed by atoms with E-state index < -0.39 is 5.97 Å². The minimum absolute atomic E-state index is 0.0387. The van der Waals surface area contributed by atoms with Crippen LogP contribution in [0.15, 0.2) is 48.7 Å². The molecule has 2 atom stereocenters. The van der Waals surface area contributed by atoms with Crippen LogP contribution in [-0.4, -0.2) is 28.0 Å². The first-order chi connectivity index (χ1) is 12.1. The van der Waals surface area contributed by atoms with Gasteiger partial charge in [-0.05, 0) is 31.4 Å². The summed E-state index contributed by atoms with van der Waals surface area (Å²) in [5.74, 6) is -1.20. The Hall–Kier alpha value is -2.69. The average molecular weight is 336 g/mol. The Morgan fingerprint density at radius 2 is 1.92 bits per heavy atom. The molecule has 1 amide bonds. The molecule has 0 aliphatic heterocycles. The molecule has 128 valence electrons. The van der Waals surface area contributed by atoms with Crippen LogP contribution in [0.3, 0.4) is 0 Å². The number of pyridine rings is 1. The van der Waals surface area contributed by atoms with E-state index in [1.807, 2.05) is 30.3 Å². The maximum atomic E-state index is 12.6. The van der Waals surface area contributed by atoms with Crippen molar-refractivity contribution in [2.24, 2.45) is 11.3 Å². The van der Waals surface area contributed by atoms with Crippen molar-refractivity contribution < 1.29 is 14.7 Å². The monoisotopic (exact) mass is 336 g/mol. The van der Waals surface area contributed by atoms with Crippen LogP contribution >= 0.6 is 0 Å². The topological polar surface area (TPSA) is 79.3 Å². The first-order valence-corrected chi connectivity index (χ1v) is 8.65. The van der Waals surface area contributed by atoms with Crippen LogP contribution in [0.4, 0.5) is 0 Å². The fraction of sp³-hybridized carbons (Fsp3) is 0.350. The third kappa shape index (κ3) is 2.60. The average Bonchev–Trinajstić information content (AvgIpc) is 2.57. The van der Waals surface area contributed by atoms with Crippen LogP contribution in [0.2, 0.25) is 0 Å². The molecule has 0 unspecified atom stereocenters. The fourth-order valence-electron chi connectivity index (χ4n) is 4.20. The predicted octanol–water partition coefficient (Wildman–Crippen LogP) is 3.12. The van der Waals surface area contributed by atoms with Crippen molar-refractivity contribution in [3.63, 3.8) is 0 Å². The third-order valence-corrected chi connectivity index (χ3v) is 5.84. The Balaban J connectivity index is 1.50. The van der Waals surface area contributed by atoms with E-state index in [9.17, 15) is 14.7 Å². The molecule has 0 radical (unpaired) electrons. The molecule has 2 aromatic rings. The number of aromatic nitrogens is 1. The van der Waals surface area contributed by atoms with Gasteiger partial charge in [0.25, 0.3) is 5.91 Å². The first kappa shape index (κ1) is 15.8. The van der Waals surface area contributed by atoms with Gasteiger partial charge in [-0.2, -0.15) is 0 Å². The quantitative estimate of drug-likeness (QED) is 0.899. The number of hydrogen-bond acceptors (Lipinski definition) is 3. The Bertz CT molecular complexity index is 815. The zero-order valence-corrected chi connectivity index (χ0v) is 13.8. The van der Waals surface area contributed by atoms with Gasteiger partial charge in [-0.3, -0.25) is 14.6 Å². The number of rotatable bonds is 4. The van der Waals surface area contributed by atoms with Crippen LogP contribution in [0, 0.1) is 11.3 Å². The van der Waals surface area contributed by atoms with E-state index in [1.165, 1.54) is 0 Å². The van der Waals surface area contributed by atoms with E-state index in [1.54, 1.807) is 18.3 Å². The summed E-state index contributed by atoms with van der Waals surface area (Å²) in [5.41, 5.74) is 2.05. The lowest BCUT2D eigenvalue weighted by atomic mass is 9.47. The predicted molar refractivity (Wildman–Crippen MR) is 93.0 cm³/mol. The van der Waals surface area contributed by atoms with E-state index in [2.05, 4.69) is 10.3 Å². The Labute approximate surface area is 146 Å². The summed E-state index contributed by atoms with van der Waals surface area (Å²) in [5, 5.41) is 12.4. The highest BCUT2D eigenvalue weighted by Crippen LogP contribution is 2.59. The molecule has 1 heterocycles. The molecule has 0 saturated heterocycles. The van der Waals surface area contributed by atoms with Gasteiger partial charge >= 0.3 is 5.97 Å². The molecule has 4 rings (SSSR count). The summed E-state index contributed by atoms with van der Waals surface area (Å²) in [6.07, 6.45) is 4.99. The number of carbonyl (C=O) groups excluding carboxylic acids is 1. The molecule has 0 bridgehead atoms. The lowest BCUT2D eigenvalue weighted by Gasteiger charge is -2.59. The Morgan fingerprint density at radius 1 is 1.16 bits per heavy atom. The van der Waals surface area contributed by atoms with Crippen molar-refractivity contribution in [3.05, 3.63) is 54.2 Å². The Morgan fingerprint density at radius 3 is 2.56 bits per heavy atom. The minimum atomic E-state index is -0.736. The summed E-state index contributed by atoms with van der Waals surface area (Å²) in [4.78, 5) is 28.4. The largest absolute Gasteiger partial charge is 0.481 e. The van der Waals surface area contributed by atoms with Crippen molar-refractivity contribution in [3.8, 4) is 11.3 Å². The second-order valence-electron chi connectivity index (χ2n) is 7.04. The molecule has 1 aromatic carbocycles. The zero-order valence-electron chi connectivity index (χ0n) is 13.8. The third-order valence-electron chi connectivity index (χ3n) is 5.84. The second-order valence-corrected chi connectivity index (χ2v) is 7.04.